The molecule has 2 aromatic heterocycles. The van der Waals surface area contributed by atoms with Gasteiger partial charge in [-0.1, -0.05) is 0 Å². The van der Waals surface area contributed by atoms with Crippen LogP contribution in [0.5, 0.6) is 0 Å². The van der Waals surface area contributed by atoms with Gasteiger partial charge >= 0.3 is 0 Å². The Labute approximate surface area is 101 Å². The van der Waals surface area contributed by atoms with Gasteiger partial charge in [0.2, 0.25) is 5.43 Å². The van der Waals surface area contributed by atoms with E-state index in [1.165, 1.54) is 17.5 Å². The molecule has 0 amide bonds. The van der Waals surface area contributed by atoms with Crippen molar-refractivity contribution in [2.24, 2.45) is 0 Å². The van der Waals surface area contributed by atoms with Crippen molar-refractivity contribution >= 4 is 26.5 Å². The van der Waals surface area contributed by atoms with Gasteiger partial charge in [-0.3, -0.25) is 9.52 Å². The minimum Gasteiger partial charge on any atom is -0.366 e. The zero-order valence-electron chi connectivity index (χ0n) is 8.80. The molecule has 0 aliphatic rings. The topological polar surface area (TPSA) is 91.9 Å². The van der Waals surface area contributed by atoms with Crippen LogP contribution in [0.3, 0.4) is 0 Å². The first-order valence-electron chi connectivity index (χ1n) is 4.61. The number of hydrogen-bond acceptors (Lipinski definition) is 5. The Bertz CT molecular complexity index is 687. The molecule has 0 saturated heterocycles. The van der Waals surface area contributed by atoms with Crippen LogP contribution in [-0.4, -0.2) is 18.4 Å². The number of H-pyrrole nitrogens is 1. The Morgan fingerprint density at radius 1 is 1.47 bits per heavy atom. The van der Waals surface area contributed by atoms with Crippen molar-refractivity contribution in [1.82, 2.24) is 9.97 Å². The molecule has 0 bridgehead atoms. The zero-order chi connectivity index (χ0) is 12.5. The fourth-order valence-electron chi connectivity index (χ4n) is 1.18. The van der Waals surface area contributed by atoms with E-state index < -0.39 is 15.5 Å². The lowest BCUT2D eigenvalue weighted by Gasteiger charge is -2.03. The van der Waals surface area contributed by atoms with Gasteiger partial charge in [-0.25, -0.2) is 13.4 Å². The largest absolute Gasteiger partial charge is 0.366 e. The van der Waals surface area contributed by atoms with Crippen LogP contribution in [0.1, 0.15) is 4.88 Å². The molecule has 8 heteroatoms. The minimum absolute atomic E-state index is 0.241. The first-order chi connectivity index (χ1) is 7.99. The predicted octanol–water partition coefficient (Wildman–Crippen LogP) is 0.941. The molecule has 17 heavy (non-hydrogen) atoms. The van der Waals surface area contributed by atoms with Crippen LogP contribution in [0.2, 0.25) is 0 Å². The average molecular weight is 271 g/mol. The van der Waals surface area contributed by atoms with Crippen molar-refractivity contribution in [3.05, 3.63) is 39.8 Å². The normalized spacial score (nSPS) is 11.4. The maximum atomic E-state index is 11.9. The fourth-order valence-corrected chi connectivity index (χ4v) is 3.14. The fraction of sp³-hybridized carbons (Fsp3) is 0.111. The van der Waals surface area contributed by atoms with Gasteiger partial charge < -0.3 is 4.98 Å². The van der Waals surface area contributed by atoms with Crippen LogP contribution in [-0.2, 0) is 10.0 Å². The van der Waals surface area contributed by atoms with Crippen molar-refractivity contribution in [3.63, 3.8) is 0 Å². The molecule has 2 aromatic rings. The van der Waals surface area contributed by atoms with Gasteiger partial charge in [0.05, 0.1) is 0 Å². The smallest absolute Gasteiger partial charge is 0.269 e. The molecule has 0 atom stereocenters. The van der Waals surface area contributed by atoms with E-state index >= 15 is 0 Å². The number of aryl methyl sites for hydroxylation is 1. The summed E-state index contributed by atoms with van der Waals surface area (Å²) in [7, 11) is -3.88. The number of rotatable bonds is 3. The molecule has 0 unspecified atom stereocenters. The number of hydrogen-bond donors (Lipinski definition) is 2. The minimum atomic E-state index is -3.88. The molecule has 0 spiro atoms. The Morgan fingerprint density at radius 3 is 2.82 bits per heavy atom. The molecule has 0 fully saturated rings. The summed E-state index contributed by atoms with van der Waals surface area (Å²) in [4.78, 5) is 18.4. The Balaban J connectivity index is 2.38. The number of nitrogens with zero attached hydrogens (tertiary/aromatic N) is 1. The quantitative estimate of drug-likeness (QED) is 0.869. The summed E-state index contributed by atoms with van der Waals surface area (Å²) >= 11 is 1.20. The molecule has 6 nitrogen and oxygen atoms in total. The first-order valence-corrected chi connectivity index (χ1v) is 6.91. The van der Waals surface area contributed by atoms with Crippen LogP contribution in [0, 0.1) is 6.92 Å². The molecular weight excluding hydrogens is 262 g/mol. The van der Waals surface area contributed by atoms with E-state index in [0.717, 1.165) is 17.1 Å². The Kier molecular flexibility index (Phi) is 2.99. The second-order valence-corrected chi connectivity index (χ2v) is 6.14. The summed E-state index contributed by atoms with van der Waals surface area (Å²) in [6, 6.07) is 1.15. The molecule has 2 heterocycles. The highest BCUT2D eigenvalue weighted by atomic mass is 32.2. The summed E-state index contributed by atoms with van der Waals surface area (Å²) in [6.07, 6.45) is 4.07. The van der Waals surface area contributed by atoms with Gasteiger partial charge in [0.25, 0.3) is 10.0 Å². The number of anilines is 1. The molecule has 2 N–H and O–H groups in total. The predicted molar refractivity (Wildman–Crippen MR) is 64.7 cm³/mol. The van der Waals surface area contributed by atoms with E-state index in [1.54, 1.807) is 6.20 Å². The van der Waals surface area contributed by atoms with Crippen molar-refractivity contribution < 1.29 is 8.42 Å². The Hall–Kier alpha value is -1.67. The van der Waals surface area contributed by atoms with Crippen molar-refractivity contribution in [3.8, 4) is 0 Å². The maximum absolute atomic E-state index is 11.9. The molecule has 0 aromatic carbocycles. The van der Waals surface area contributed by atoms with Crippen LogP contribution in [0.15, 0.2) is 34.3 Å². The maximum Gasteiger partial charge on any atom is 0.269 e. The molecule has 2 rings (SSSR count). The highest BCUT2D eigenvalue weighted by Gasteiger charge is 2.18. The molecule has 0 radical (unpaired) electrons. The van der Waals surface area contributed by atoms with Crippen LogP contribution < -0.4 is 10.2 Å². The number of aromatic amines is 1. The number of sulfonamides is 1. The van der Waals surface area contributed by atoms with Crippen molar-refractivity contribution in [2.45, 2.75) is 11.8 Å². The highest BCUT2D eigenvalue weighted by molar-refractivity contribution is 7.93. The first kappa shape index (κ1) is 11.8. The lowest BCUT2D eigenvalue weighted by atomic mass is 10.5. The van der Waals surface area contributed by atoms with Gasteiger partial charge in [0.1, 0.15) is 0 Å². The van der Waals surface area contributed by atoms with Gasteiger partial charge in [0.15, 0.2) is 10.0 Å². The third kappa shape index (κ3) is 2.53. The summed E-state index contributed by atoms with van der Waals surface area (Å²) in [6.45, 7) is 1.81. The summed E-state index contributed by atoms with van der Waals surface area (Å²) in [5.74, 6) is 0. The monoisotopic (exact) mass is 271 g/mol. The van der Waals surface area contributed by atoms with E-state index in [2.05, 4.69) is 14.7 Å². The third-order valence-electron chi connectivity index (χ3n) is 1.92. The van der Waals surface area contributed by atoms with E-state index in [-0.39, 0.29) is 10.0 Å². The molecule has 0 aliphatic carbocycles. The third-order valence-corrected chi connectivity index (χ3v) is 4.24. The van der Waals surface area contributed by atoms with Crippen molar-refractivity contribution in [1.29, 1.82) is 0 Å². The SMILES string of the molecule is Cc1cnc(NS(=O)(=O)c2c[nH]ccc2=O)s1. The Morgan fingerprint density at radius 2 is 2.24 bits per heavy atom. The van der Waals surface area contributed by atoms with Crippen LogP contribution in [0.25, 0.3) is 0 Å². The van der Waals surface area contributed by atoms with Gasteiger partial charge in [-0.2, -0.15) is 0 Å². The summed E-state index contributed by atoms with van der Waals surface area (Å²) in [5, 5.41) is 0.241. The second-order valence-electron chi connectivity index (χ2n) is 3.25. The molecule has 0 saturated carbocycles. The molecular formula is C9H9N3O3S2. The lowest BCUT2D eigenvalue weighted by molar-refractivity contribution is 0.600. The van der Waals surface area contributed by atoms with Gasteiger partial charge in [0, 0.05) is 29.5 Å². The lowest BCUT2D eigenvalue weighted by Crippen LogP contribution is -2.20. The number of nitrogens with one attached hydrogen (secondary N) is 2. The number of aromatic nitrogens is 2. The second kappa shape index (κ2) is 4.30. The summed E-state index contributed by atoms with van der Waals surface area (Å²) < 4.78 is 26.0. The number of pyridine rings is 1. The van der Waals surface area contributed by atoms with Gasteiger partial charge in [-0.05, 0) is 6.92 Å². The van der Waals surface area contributed by atoms with E-state index in [9.17, 15) is 13.2 Å². The highest BCUT2D eigenvalue weighted by Crippen LogP contribution is 2.19. The van der Waals surface area contributed by atoms with Crippen LogP contribution >= 0.6 is 11.3 Å². The molecule has 0 aliphatic heterocycles. The van der Waals surface area contributed by atoms with E-state index in [0.29, 0.717) is 0 Å². The van der Waals surface area contributed by atoms with Gasteiger partial charge in [-0.15, -0.1) is 11.3 Å². The summed E-state index contributed by atoms with van der Waals surface area (Å²) in [5.41, 5.74) is -0.565. The standard InChI is InChI=1S/C9H9N3O3S2/c1-6-4-11-9(16-6)12-17(14,15)8-5-10-3-2-7(8)13/h2-5H,1H3,(H,10,13)(H,11,12). The average Bonchev–Trinajstić information content (AvgIpc) is 2.63. The van der Waals surface area contributed by atoms with E-state index in [4.69, 9.17) is 0 Å². The zero-order valence-corrected chi connectivity index (χ0v) is 10.4. The van der Waals surface area contributed by atoms with Crippen molar-refractivity contribution in [2.75, 3.05) is 4.72 Å². The molecule has 90 valence electrons. The van der Waals surface area contributed by atoms with E-state index in [1.807, 2.05) is 6.92 Å². The number of thiazole rings is 1. The van der Waals surface area contributed by atoms with Crippen LogP contribution in [0.4, 0.5) is 5.13 Å².